The summed E-state index contributed by atoms with van der Waals surface area (Å²) in [5, 5.41) is 5.39. The molecule has 7 rings (SSSR count). The van der Waals surface area contributed by atoms with Crippen LogP contribution in [0.15, 0.2) is 158 Å². The molecule has 0 unspecified atom stereocenters. The number of para-hydroxylation sites is 1. The van der Waals surface area contributed by atoms with E-state index in [1.54, 1.807) is 0 Å². The van der Waals surface area contributed by atoms with Crippen LogP contribution in [0.4, 0.5) is 17.1 Å². The highest BCUT2D eigenvalue weighted by molar-refractivity contribution is 6.36. The average Bonchev–Trinajstić information content (AvgIpc) is 3.03. The minimum absolute atomic E-state index is 0.773. The fraction of sp³-hybridized carbons (Fsp3) is 0. The van der Waals surface area contributed by atoms with Gasteiger partial charge in [0.1, 0.15) is 0 Å². The van der Waals surface area contributed by atoms with Gasteiger partial charge in [-0.15, -0.1) is 0 Å². The number of hydrogen-bond donors (Lipinski definition) is 0. The van der Waals surface area contributed by atoms with Gasteiger partial charge in [-0.1, -0.05) is 133 Å². The van der Waals surface area contributed by atoms with E-state index in [4.69, 9.17) is 11.6 Å². The van der Waals surface area contributed by atoms with Crippen molar-refractivity contribution in [1.82, 2.24) is 0 Å². The molecule has 0 aliphatic rings. The smallest absolute Gasteiger partial charge is 0.0540 e. The Balaban J connectivity index is 1.42. The second kappa shape index (κ2) is 10.4. The fourth-order valence-corrected chi connectivity index (χ4v) is 5.88. The normalized spacial score (nSPS) is 11.1. The molecule has 0 saturated carbocycles. The number of anilines is 3. The van der Waals surface area contributed by atoms with Crippen LogP contribution in [0.3, 0.4) is 0 Å². The zero-order valence-electron chi connectivity index (χ0n) is 21.8. The Morgan fingerprint density at radius 3 is 1.50 bits per heavy atom. The zero-order valence-corrected chi connectivity index (χ0v) is 22.6. The summed E-state index contributed by atoms with van der Waals surface area (Å²) < 4.78 is 0. The Hall–Kier alpha value is -4.85. The highest BCUT2D eigenvalue weighted by atomic mass is 35.5. The lowest BCUT2D eigenvalue weighted by Crippen LogP contribution is -2.10. The van der Waals surface area contributed by atoms with Crippen LogP contribution in [0.2, 0.25) is 5.02 Å². The summed E-state index contributed by atoms with van der Waals surface area (Å²) in [6.07, 6.45) is 0. The van der Waals surface area contributed by atoms with Gasteiger partial charge in [-0.05, 0) is 69.4 Å². The van der Waals surface area contributed by atoms with Gasteiger partial charge in [-0.2, -0.15) is 0 Å². The van der Waals surface area contributed by atoms with Gasteiger partial charge in [0.05, 0.1) is 5.69 Å². The van der Waals surface area contributed by atoms with Gasteiger partial charge in [0.2, 0.25) is 0 Å². The topological polar surface area (TPSA) is 3.24 Å². The van der Waals surface area contributed by atoms with Gasteiger partial charge in [0.15, 0.2) is 0 Å². The van der Waals surface area contributed by atoms with E-state index in [-0.39, 0.29) is 0 Å². The molecule has 0 aliphatic carbocycles. The van der Waals surface area contributed by atoms with Crippen molar-refractivity contribution in [2.45, 2.75) is 0 Å². The van der Waals surface area contributed by atoms with Gasteiger partial charge in [-0.3, -0.25) is 0 Å². The number of benzene rings is 7. The van der Waals surface area contributed by atoms with E-state index in [2.05, 4.69) is 150 Å². The molecule has 0 radical (unpaired) electrons. The van der Waals surface area contributed by atoms with E-state index in [9.17, 15) is 0 Å². The van der Waals surface area contributed by atoms with Crippen LogP contribution in [-0.4, -0.2) is 0 Å². The number of halogens is 1. The van der Waals surface area contributed by atoms with E-state index in [0.717, 1.165) is 32.9 Å². The molecule has 0 atom stereocenters. The standard InChI is InChI=1S/C38H26ClN/c39-37-25-23-33(31-15-7-9-17-35(31)37)34-24-26-38(36-18-10-8-16-32(34)36)40(29-13-5-2-6-14-29)30-21-19-28(20-22-30)27-11-3-1-4-12-27/h1-26H. The highest BCUT2D eigenvalue weighted by Crippen LogP contribution is 2.43. The summed E-state index contributed by atoms with van der Waals surface area (Å²) in [6.45, 7) is 0. The third-order valence-electron chi connectivity index (χ3n) is 7.55. The second-order valence-electron chi connectivity index (χ2n) is 9.90. The second-order valence-corrected chi connectivity index (χ2v) is 10.3. The number of rotatable bonds is 5. The van der Waals surface area contributed by atoms with Crippen molar-refractivity contribution in [1.29, 1.82) is 0 Å². The van der Waals surface area contributed by atoms with Gasteiger partial charge in [0, 0.05) is 27.2 Å². The van der Waals surface area contributed by atoms with Crippen LogP contribution in [0.5, 0.6) is 0 Å². The van der Waals surface area contributed by atoms with E-state index in [0.29, 0.717) is 0 Å². The van der Waals surface area contributed by atoms with Crippen LogP contribution in [0, 0.1) is 0 Å². The molecular weight excluding hydrogens is 506 g/mol. The number of hydrogen-bond acceptors (Lipinski definition) is 1. The SMILES string of the molecule is Clc1ccc(-c2ccc(N(c3ccccc3)c3ccc(-c4ccccc4)cc3)c3ccccc23)c2ccccc12. The largest absolute Gasteiger partial charge is 0.310 e. The molecule has 0 N–H and O–H groups in total. The predicted octanol–water partition coefficient (Wildman–Crippen LogP) is 11.5. The van der Waals surface area contributed by atoms with Crippen LogP contribution >= 0.6 is 11.6 Å². The Bertz CT molecular complexity index is 1940. The van der Waals surface area contributed by atoms with Gasteiger partial charge < -0.3 is 4.90 Å². The van der Waals surface area contributed by atoms with Crippen molar-refractivity contribution in [2.75, 3.05) is 4.90 Å². The lowest BCUT2D eigenvalue weighted by molar-refractivity contribution is 1.30. The summed E-state index contributed by atoms with van der Waals surface area (Å²) in [5.41, 5.74) is 8.15. The Morgan fingerprint density at radius 1 is 0.350 bits per heavy atom. The molecule has 2 heteroatoms. The van der Waals surface area contributed by atoms with E-state index < -0.39 is 0 Å². The molecule has 0 fully saturated rings. The summed E-state index contributed by atoms with van der Waals surface area (Å²) in [6, 6.07) is 55.6. The van der Waals surface area contributed by atoms with Crippen molar-refractivity contribution in [3.63, 3.8) is 0 Å². The summed E-state index contributed by atoms with van der Waals surface area (Å²) in [7, 11) is 0. The number of nitrogens with zero attached hydrogens (tertiary/aromatic N) is 1. The molecule has 7 aromatic carbocycles. The minimum Gasteiger partial charge on any atom is -0.310 e. The fourth-order valence-electron chi connectivity index (χ4n) is 5.65. The first-order valence-corrected chi connectivity index (χ1v) is 13.9. The molecule has 0 aromatic heterocycles. The minimum atomic E-state index is 0.773. The maximum atomic E-state index is 6.58. The first-order valence-electron chi connectivity index (χ1n) is 13.5. The average molecular weight is 532 g/mol. The van der Waals surface area contributed by atoms with Crippen LogP contribution in [0.1, 0.15) is 0 Å². The van der Waals surface area contributed by atoms with Crippen molar-refractivity contribution >= 4 is 50.2 Å². The third-order valence-corrected chi connectivity index (χ3v) is 7.88. The maximum absolute atomic E-state index is 6.58. The quantitative estimate of drug-likeness (QED) is 0.213. The van der Waals surface area contributed by atoms with Gasteiger partial charge in [0.25, 0.3) is 0 Å². The molecule has 190 valence electrons. The van der Waals surface area contributed by atoms with Crippen molar-refractivity contribution in [3.8, 4) is 22.3 Å². The lowest BCUT2D eigenvalue weighted by atomic mass is 9.93. The molecular formula is C38H26ClN. The maximum Gasteiger partial charge on any atom is 0.0540 e. The number of fused-ring (bicyclic) bond motifs is 2. The molecule has 0 spiro atoms. The Kier molecular flexibility index (Phi) is 6.28. The van der Waals surface area contributed by atoms with E-state index in [1.165, 1.54) is 33.0 Å². The molecule has 0 aliphatic heterocycles. The molecule has 0 saturated heterocycles. The molecule has 40 heavy (non-hydrogen) atoms. The molecule has 0 amide bonds. The van der Waals surface area contributed by atoms with Gasteiger partial charge >= 0.3 is 0 Å². The van der Waals surface area contributed by atoms with E-state index in [1.807, 2.05) is 12.1 Å². The van der Waals surface area contributed by atoms with Gasteiger partial charge in [-0.25, -0.2) is 0 Å². The lowest BCUT2D eigenvalue weighted by Gasteiger charge is -2.27. The predicted molar refractivity (Wildman–Crippen MR) is 172 cm³/mol. The highest BCUT2D eigenvalue weighted by Gasteiger charge is 2.18. The van der Waals surface area contributed by atoms with Crippen LogP contribution in [-0.2, 0) is 0 Å². The zero-order chi connectivity index (χ0) is 26.9. The van der Waals surface area contributed by atoms with Crippen LogP contribution < -0.4 is 4.90 Å². The molecule has 0 bridgehead atoms. The summed E-state index contributed by atoms with van der Waals surface area (Å²) in [4.78, 5) is 2.35. The molecule has 1 nitrogen and oxygen atoms in total. The summed E-state index contributed by atoms with van der Waals surface area (Å²) in [5.74, 6) is 0. The van der Waals surface area contributed by atoms with Crippen LogP contribution in [0.25, 0.3) is 43.8 Å². The summed E-state index contributed by atoms with van der Waals surface area (Å²) >= 11 is 6.58. The molecule has 0 heterocycles. The van der Waals surface area contributed by atoms with E-state index >= 15 is 0 Å². The monoisotopic (exact) mass is 531 g/mol. The van der Waals surface area contributed by atoms with Crippen molar-refractivity contribution in [3.05, 3.63) is 163 Å². The Labute approximate surface area is 239 Å². The molecule has 7 aromatic rings. The van der Waals surface area contributed by atoms with Crippen molar-refractivity contribution < 1.29 is 0 Å². The Morgan fingerprint density at radius 2 is 0.825 bits per heavy atom. The van der Waals surface area contributed by atoms with Crippen molar-refractivity contribution in [2.24, 2.45) is 0 Å². The third kappa shape index (κ3) is 4.31. The first kappa shape index (κ1) is 24.2. The first-order chi connectivity index (χ1) is 19.8.